The van der Waals surface area contributed by atoms with Gasteiger partial charge >= 0.3 is 0 Å². The maximum atomic E-state index is 10.3. The summed E-state index contributed by atoms with van der Waals surface area (Å²) in [5, 5.41) is 0. The molecule has 1 atom stereocenters. The van der Waals surface area contributed by atoms with Gasteiger partial charge in [-0.15, -0.1) is 0 Å². The van der Waals surface area contributed by atoms with Crippen LogP contribution in [0.25, 0.3) is 6.08 Å². The fourth-order valence-electron chi connectivity index (χ4n) is 2.63. The largest absolute Gasteiger partial charge is 0.299 e. The first-order valence-corrected chi connectivity index (χ1v) is 6.09. The predicted molar refractivity (Wildman–Crippen MR) is 67.5 cm³/mol. The first kappa shape index (κ1) is 11.1. The lowest BCUT2D eigenvalue weighted by Crippen LogP contribution is -1.92. The van der Waals surface area contributed by atoms with Gasteiger partial charge in [-0.1, -0.05) is 37.6 Å². The van der Waals surface area contributed by atoms with Crippen LogP contribution in [-0.2, 0) is 11.2 Å². The molecule has 0 bridgehead atoms. The first-order chi connectivity index (χ1) is 7.85. The average Bonchev–Trinajstić information content (AvgIpc) is 2.70. The molecule has 1 aromatic rings. The van der Waals surface area contributed by atoms with Gasteiger partial charge in [0.2, 0.25) is 0 Å². The maximum Gasteiger partial charge on any atom is 0.142 e. The van der Waals surface area contributed by atoms with E-state index in [4.69, 9.17) is 0 Å². The molecule has 0 saturated heterocycles. The van der Waals surface area contributed by atoms with Crippen molar-refractivity contribution < 1.29 is 4.79 Å². The zero-order chi connectivity index (χ0) is 11.4. The Balaban J connectivity index is 2.22. The molecule has 1 aliphatic carbocycles. The standard InChI is InChI=1S/C15H18O/c1-2-4-13-7-8-14-11-12(5-3-10-16)6-9-15(13)14/h3,5-6,9-11,13H,2,4,7-8H2,1H3. The van der Waals surface area contributed by atoms with Crippen molar-refractivity contribution in [1.82, 2.24) is 0 Å². The van der Waals surface area contributed by atoms with Gasteiger partial charge in [-0.25, -0.2) is 0 Å². The summed E-state index contributed by atoms with van der Waals surface area (Å²) in [6.45, 7) is 2.25. The number of hydrogen-bond donors (Lipinski definition) is 0. The van der Waals surface area contributed by atoms with Gasteiger partial charge in [0, 0.05) is 0 Å². The van der Waals surface area contributed by atoms with E-state index in [0.717, 1.165) is 17.8 Å². The summed E-state index contributed by atoms with van der Waals surface area (Å²) in [7, 11) is 0. The van der Waals surface area contributed by atoms with Crippen molar-refractivity contribution in [3.05, 3.63) is 41.0 Å². The lowest BCUT2D eigenvalue weighted by Gasteiger charge is -2.09. The van der Waals surface area contributed by atoms with E-state index in [-0.39, 0.29) is 0 Å². The van der Waals surface area contributed by atoms with Crippen LogP contribution < -0.4 is 0 Å². The van der Waals surface area contributed by atoms with Crippen LogP contribution in [0.5, 0.6) is 0 Å². The Labute approximate surface area is 97.2 Å². The first-order valence-electron chi connectivity index (χ1n) is 6.09. The third kappa shape index (κ3) is 2.24. The summed E-state index contributed by atoms with van der Waals surface area (Å²) in [5.74, 6) is 0.768. The van der Waals surface area contributed by atoms with Gasteiger partial charge in [0.05, 0.1) is 0 Å². The molecule has 1 aromatic carbocycles. The topological polar surface area (TPSA) is 17.1 Å². The van der Waals surface area contributed by atoms with Gasteiger partial charge in [0.15, 0.2) is 0 Å². The molecule has 2 rings (SSSR count). The zero-order valence-electron chi connectivity index (χ0n) is 9.78. The molecule has 0 fully saturated rings. The number of aldehydes is 1. The highest BCUT2D eigenvalue weighted by Gasteiger charge is 2.21. The minimum atomic E-state index is 0.768. The maximum absolute atomic E-state index is 10.3. The van der Waals surface area contributed by atoms with E-state index in [2.05, 4.69) is 25.1 Å². The zero-order valence-corrected chi connectivity index (χ0v) is 9.78. The van der Waals surface area contributed by atoms with Crippen LogP contribution in [0.15, 0.2) is 24.3 Å². The smallest absolute Gasteiger partial charge is 0.142 e. The van der Waals surface area contributed by atoms with Crippen molar-refractivity contribution >= 4 is 12.4 Å². The number of carbonyl (C=O) groups is 1. The van der Waals surface area contributed by atoms with E-state index in [1.165, 1.54) is 36.8 Å². The second-order valence-electron chi connectivity index (χ2n) is 4.48. The Hall–Kier alpha value is -1.37. The van der Waals surface area contributed by atoms with Crippen molar-refractivity contribution in [2.45, 2.75) is 38.5 Å². The SMILES string of the molecule is CCCC1CCc2cc(C=CC=O)ccc21. The van der Waals surface area contributed by atoms with Crippen LogP contribution in [0.2, 0.25) is 0 Å². The molecule has 84 valence electrons. The van der Waals surface area contributed by atoms with E-state index < -0.39 is 0 Å². The van der Waals surface area contributed by atoms with Crippen LogP contribution in [0, 0.1) is 0 Å². The van der Waals surface area contributed by atoms with Crippen LogP contribution >= 0.6 is 0 Å². The van der Waals surface area contributed by atoms with E-state index in [9.17, 15) is 4.79 Å². The molecule has 1 nitrogen and oxygen atoms in total. The monoisotopic (exact) mass is 214 g/mol. The molecule has 0 aliphatic heterocycles. The molecule has 0 amide bonds. The van der Waals surface area contributed by atoms with Crippen LogP contribution in [0.4, 0.5) is 0 Å². The summed E-state index contributed by atoms with van der Waals surface area (Å²) >= 11 is 0. The van der Waals surface area contributed by atoms with Crippen molar-refractivity contribution in [2.24, 2.45) is 0 Å². The summed E-state index contributed by atoms with van der Waals surface area (Å²) in [5.41, 5.74) is 4.15. The van der Waals surface area contributed by atoms with E-state index >= 15 is 0 Å². The van der Waals surface area contributed by atoms with Crippen molar-refractivity contribution in [3.8, 4) is 0 Å². The highest BCUT2D eigenvalue weighted by Crippen LogP contribution is 2.36. The quantitative estimate of drug-likeness (QED) is 0.551. The average molecular weight is 214 g/mol. The molecular formula is C15H18O. The third-order valence-electron chi connectivity index (χ3n) is 3.37. The number of hydrogen-bond acceptors (Lipinski definition) is 1. The van der Waals surface area contributed by atoms with E-state index in [1.54, 1.807) is 6.08 Å². The normalized spacial score (nSPS) is 18.9. The molecule has 0 radical (unpaired) electrons. The Morgan fingerprint density at radius 1 is 1.44 bits per heavy atom. The third-order valence-corrected chi connectivity index (χ3v) is 3.37. The Kier molecular flexibility index (Phi) is 3.55. The van der Waals surface area contributed by atoms with Crippen molar-refractivity contribution in [1.29, 1.82) is 0 Å². The highest BCUT2D eigenvalue weighted by molar-refractivity contribution is 5.74. The summed E-state index contributed by atoms with van der Waals surface area (Å²) < 4.78 is 0. The number of benzene rings is 1. The molecule has 16 heavy (non-hydrogen) atoms. The number of carbonyl (C=O) groups excluding carboxylic acids is 1. The molecule has 0 saturated carbocycles. The lowest BCUT2D eigenvalue weighted by molar-refractivity contribution is -0.104. The Bertz CT molecular complexity index is 404. The number of fused-ring (bicyclic) bond motifs is 1. The summed E-state index contributed by atoms with van der Waals surface area (Å²) in [4.78, 5) is 10.3. The van der Waals surface area contributed by atoms with Crippen LogP contribution in [0.1, 0.15) is 48.8 Å². The van der Waals surface area contributed by atoms with Gasteiger partial charge in [-0.2, -0.15) is 0 Å². The number of rotatable bonds is 4. The molecule has 0 N–H and O–H groups in total. The second kappa shape index (κ2) is 5.11. The lowest BCUT2D eigenvalue weighted by atomic mass is 9.96. The van der Waals surface area contributed by atoms with Gasteiger partial charge in [0.1, 0.15) is 6.29 Å². The molecular weight excluding hydrogens is 196 g/mol. The highest BCUT2D eigenvalue weighted by atomic mass is 16.1. The Morgan fingerprint density at radius 3 is 3.06 bits per heavy atom. The van der Waals surface area contributed by atoms with Gasteiger partial charge < -0.3 is 0 Å². The van der Waals surface area contributed by atoms with Crippen molar-refractivity contribution in [3.63, 3.8) is 0 Å². The van der Waals surface area contributed by atoms with Gasteiger partial charge in [-0.3, -0.25) is 4.79 Å². The molecule has 0 spiro atoms. The van der Waals surface area contributed by atoms with Crippen LogP contribution in [-0.4, -0.2) is 6.29 Å². The second-order valence-corrected chi connectivity index (χ2v) is 4.48. The van der Waals surface area contributed by atoms with Crippen LogP contribution in [0.3, 0.4) is 0 Å². The predicted octanol–water partition coefficient (Wildman–Crippen LogP) is 3.73. The molecule has 0 heterocycles. The van der Waals surface area contributed by atoms with Gasteiger partial charge in [0.25, 0.3) is 0 Å². The molecule has 1 unspecified atom stereocenters. The minimum absolute atomic E-state index is 0.768. The summed E-state index contributed by atoms with van der Waals surface area (Å²) in [6, 6.07) is 6.59. The molecule has 1 heteroatoms. The molecule has 0 aromatic heterocycles. The molecule has 1 aliphatic rings. The number of aryl methyl sites for hydroxylation is 1. The fourth-order valence-corrected chi connectivity index (χ4v) is 2.63. The minimum Gasteiger partial charge on any atom is -0.299 e. The summed E-state index contributed by atoms with van der Waals surface area (Å²) in [6.07, 6.45) is 9.31. The number of allylic oxidation sites excluding steroid dienone is 1. The fraction of sp³-hybridized carbons (Fsp3) is 0.400. The van der Waals surface area contributed by atoms with Crippen molar-refractivity contribution in [2.75, 3.05) is 0 Å². The van der Waals surface area contributed by atoms with E-state index in [1.807, 2.05) is 6.08 Å². The van der Waals surface area contributed by atoms with E-state index in [0.29, 0.717) is 0 Å². The Morgan fingerprint density at radius 2 is 2.31 bits per heavy atom. The van der Waals surface area contributed by atoms with Gasteiger partial charge in [-0.05, 0) is 47.9 Å².